The van der Waals surface area contributed by atoms with Gasteiger partial charge >= 0.3 is 0 Å². The van der Waals surface area contributed by atoms with Crippen LogP contribution in [0.3, 0.4) is 0 Å². The first-order chi connectivity index (χ1) is 14.9. The molecule has 0 fully saturated rings. The van der Waals surface area contributed by atoms with Crippen molar-refractivity contribution in [2.24, 2.45) is 11.5 Å². The maximum absolute atomic E-state index is 5.53. The second-order valence-corrected chi connectivity index (χ2v) is 9.49. The summed E-state index contributed by atoms with van der Waals surface area (Å²) < 4.78 is 0. The highest BCUT2D eigenvalue weighted by atomic mass is 14.5. The minimum atomic E-state index is 0.871. The van der Waals surface area contributed by atoms with Crippen molar-refractivity contribution in [1.82, 2.24) is 0 Å². The van der Waals surface area contributed by atoms with E-state index in [2.05, 4.69) is 6.08 Å². The second kappa shape index (κ2) is 28.5. The molecule has 30 heavy (non-hydrogen) atoms. The monoisotopic (exact) mass is 422 g/mol. The Morgan fingerprint density at radius 2 is 0.567 bits per heavy atom. The van der Waals surface area contributed by atoms with Crippen molar-refractivity contribution in [3.63, 3.8) is 0 Å². The third-order valence-corrected chi connectivity index (χ3v) is 6.46. The van der Waals surface area contributed by atoms with Crippen LogP contribution in [-0.4, -0.2) is 6.54 Å². The molecule has 2 nitrogen and oxygen atoms in total. The summed E-state index contributed by atoms with van der Waals surface area (Å²) in [5.41, 5.74) is 10.9. The second-order valence-electron chi connectivity index (χ2n) is 9.49. The van der Waals surface area contributed by atoms with Gasteiger partial charge in [0.2, 0.25) is 0 Å². The van der Waals surface area contributed by atoms with Crippen molar-refractivity contribution in [3.8, 4) is 0 Å². The van der Waals surface area contributed by atoms with E-state index in [0.717, 1.165) is 13.0 Å². The summed E-state index contributed by atoms with van der Waals surface area (Å²) in [6.45, 7) is 0.871. The molecule has 0 saturated heterocycles. The first-order valence-electron chi connectivity index (χ1n) is 14.0. The molecule has 0 amide bonds. The summed E-state index contributed by atoms with van der Waals surface area (Å²) in [6.07, 6.45) is 39.3. The summed E-state index contributed by atoms with van der Waals surface area (Å²) >= 11 is 0. The van der Waals surface area contributed by atoms with E-state index in [1.54, 1.807) is 6.20 Å². The van der Waals surface area contributed by atoms with Crippen LogP contribution in [0.15, 0.2) is 12.3 Å². The molecule has 0 atom stereocenters. The topological polar surface area (TPSA) is 52.0 Å². The molecule has 180 valence electrons. The Kier molecular flexibility index (Phi) is 28.0. The largest absolute Gasteiger partial charge is 0.405 e. The van der Waals surface area contributed by atoms with Gasteiger partial charge in [0.1, 0.15) is 0 Å². The van der Waals surface area contributed by atoms with Gasteiger partial charge in [-0.2, -0.15) is 0 Å². The lowest BCUT2D eigenvalue weighted by atomic mass is 10.0. The van der Waals surface area contributed by atoms with E-state index in [9.17, 15) is 0 Å². The fourth-order valence-electron chi connectivity index (χ4n) is 4.39. The van der Waals surface area contributed by atoms with Crippen molar-refractivity contribution >= 4 is 0 Å². The lowest BCUT2D eigenvalue weighted by Crippen LogP contribution is -1.97. The summed E-state index contributed by atoms with van der Waals surface area (Å²) in [6, 6.07) is 0. The minimum Gasteiger partial charge on any atom is -0.405 e. The molecule has 0 aliphatic carbocycles. The predicted molar refractivity (Wildman–Crippen MR) is 138 cm³/mol. The smallest absolute Gasteiger partial charge is 0.00773 e. The van der Waals surface area contributed by atoms with E-state index in [1.807, 2.05) is 0 Å². The summed E-state index contributed by atoms with van der Waals surface area (Å²) in [5, 5.41) is 0. The molecule has 0 aliphatic rings. The Morgan fingerprint density at radius 3 is 0.800 bits per heavy atom. The van der Waals surface area contributed by atoms with Crippen LogP contribution in [0.25, 0.3) is 0 Å². The third kappa shape index (κ3) is 27.5. The van der Waals surface area contributed by atoms with Crippen LogP contribution in [0.4, 0.5) is 0 Å². The number of nitrogens with two attached hydrogens (primary N) is 2. The van der Waals surface area contributed by atoms with Gasteiger partial charge in [0.25, 0.3) is 0 Å². The molecule has 0 bridgehead atoms. The van der Waals surface area contributed by atoms with Gasteiger partial charge < -0.3 is 11.5 Å². The van der Waals surface area contributed by atoms with Gasteiger partial charge in [-0.1, -0.05) is 147 Å². The fourth-order valence-corrected chi connectivity index (χ4v) is 4.39. The molecule has 0 rings (SSSR count). The Labute approximate surface area is 191 Å². The number of hydrogen-bond acceptors (Lipinski definition) is 2. The van der Waals surface area contributed by atoms with Gasteiger partial charge in [-0.05, 0) is 32.0 Å². The predicted octanol–water partition coefficient (Wildman–Crippen LogP) is 9.17. The van der Waals surface area contributed by atoms with Gasteiger partial charge in [0.05, 0.1) is 0 Å². The maximum atomic E-state index is 5.53. The highest BCUT2D eigenvalue weighted by Crippen LogP contribution is 2.15. The molecule has 0 unspecified atom stereocenters. The summed E-state index contributed by atoms with van der Waals surface area (Å²) in [4.78, 5) is 0. The number of allylic oxidation sites excluding steroid dienone is 1. The van der Waals surface area contributed by atoms with E-state index < -0.39 is 0 Å². The van der Waals surface area contributed by atoms with Gasteiger partial charge in [0, 0.05) is 0 Å². The maximum Gasteiger partial charge on any atom is -0.00773 e. The third-order valence-electron chi connectivity index (χ3n) is 6.46. The van der Waals surface area contributed by atoms with Crippen LogP contribution in [0, 0.1) is 0 Å². The Bertz CT molecular complexity index is 314. The normalized spacial score (nSPS) is 11.6. The standard InChI is InChI=1S/C28H58N2/c29-27-25-23-21-19-17-15-13-11-9-7-5-3-1-2-4-6-8-10-12-14-16-18-20-22-24-26-28-30/h25,27H,1-24,26,28-30H2. The highest BCUT2D eigenvalue weighted by Gasteiger charge is 1.96. The zero-order valence-corrected chi connectivity index (χ0v) is 20.7. The van der Waals surface area contributed by atoms with Crippen molar-refractivity contribution in [1.29, 1.82) is 0 Å². The Morgan fingerprint density at radius 1 is 0.333 bits per heavy atom. The molecule has 0 aromatic carbocycles. The molecule has 4 N–H and O–H groups in total. The lowest BCUT2D eigenvalue weighted by molar-refractivity contribution is 0.517. The van der Waals surface area contributed by atoms with Crippen LogP contribution in [0.2, 0.25) is 0 Å². The average Bonchev–Trinajstić information content (AvgIpc) is 2.76. The van der Waals surface area contributed by atoms with Gasteiger partial charge in [-0.15, -0.1) is 0 Å². The first-order valence-corrected chi connectivity index (χ1v) is 14.0. The molecule has 2 heteroatoms. The Hall–Kier alpha value is -0.500. The highest BCUT2D eigenvalue weighted by molar-refractivity contribution is 4.74. The van der Waals surface area contributed by atoms with E-state index in [1.165, 1.54) is 154 Å². The van der Waals surface area contributed by atoms with Crippen molar-refractivity contribution in [3.05, 3.63) is 12.3 Å². The summed E-state index contributed by atoms with van der Waals surface area (Å²) in [5.74, 6) is 0. The van der Waals surface area contributed by atoms with Crippen LogP contribution < -0.4 is 11.5 Å². The molecule has 0 spiro atoms. The molecule has 0 aromatic heterocycles. The Balaban J connectivity index is 2.99. The molecule has 0 saturated carbocycles. The number of hydrogen-bond donors (Lipinski definition) is 2. The van der Waals surface area contributed by atoms with Crippen molar-refractivity contribution in [2.45, 2.75) is 161 Å². The quantitative estimate of drug-likeness (QED) is 0.136. The molecule has 0 aliphatic heterocycles. The number of rotatable bonds is 26. The van der Waals surface area contributed by atoms with E-state index in [-0.39, 0.29) is 0 Å². The van der Waals surface area contributed by atoms with Crippen LogP contribution in [0.1, 0.15) is 161 Å². The molecular formula is C28H58N2. The van der Waals surface area contributed by atoms with Crippen molar-refractivity contribution < 1.29 is 0 Å². The zero-order valence-electron chi connectivity index (χ0n) is 20.7. The average molecular weight is 423 g/mol. The summed E-state index contributed by atoms with van der Waals surface area (Å²) in [7, 11) is 0. The van der Waals surface area contributed by atoms with E-state index in [4.69, 9.17) is 11.5 Å². The van der Waals surface area contributed by atoms with Gasteiger partial charge in [0.15, 0.2) is 0 Å². The van der Waals surface area contributed by atoms with E-state index >= 15 is 0 Å². The number of unbranched alkanes of at least 4 members (excludes halogenated alkanes) is 24. The van der Waals surface area contributed by atoms with Crippen LogP contribution >= 0.6 is 0 Å². The lowest BCUT2D eigenvalue weighted by Gasteiger charge is -2.04. The van der Waals surface area contributed by atoms with E-state index in [0.29, 0.717) is 0 Å². The molecule has 0 heterocycles. The minimum absolute atomic E-state index is 0.871. The van der Waals surface area contributed by atoms with Gasteiger partial charge in [-0.3, -0.25) is 0 Å². The van der Waals surface area contributed by atoms with Crippen LogP contribution in [-0.2, 0) is 0 Å². The molecule has 0 aromatic rings. The van der Waals surface area contributed by atoms with Crippen molar-refractivity contribution in [2.75, 3.05) is 6.54 Å². The zero-order chi connectivity index (χ0) is 21.8. The first kappa shape index (κ1) is 29.5. The van der Waals surface area contributed by atoms with Gasteiger partial charge in [-0.25, -0.2) is 0 Å². The molecule has 0 radical (unpaired) electrons. The van der Waals surface area contributed by atoms with Crippen LogP contribution in [0.5, 0.6) is 0 Å². The fraction of sp³-hybridized carbons (Fsp3) is 0.929. The molecular weight excluding hydrogens is 364 g/mol. The SMILES string of the molecule is NC=CCCCCCCCCCCCCCCCCCCCCCCCCCCN.